The number of para-hydroxylation sites is 1. The van der Waals surface area contributed by atoms with Gasteiger partial charge in [0.05, 0.1) is 21.1 Å². The van der Waals surface area contributed by atoms with Gasteiger partial charge in [0.25, 0.3) is 0 Å². The molecule has 4 heteroatoms. The summed E-state index contributed by atoms with van der Waals surface area (Å²) in [6.07, 6.45) is 0. The molecule has 0 amide bonds. The van der Waals surface area contributed by atoms with Crippen molar-refractivity contribution in [3.8, 4) is 0 Å². The lowest BCUT2D eigenvalue weighted by molar-refractivity contribution is -0.139. The fourth-order valence-electron chi connectivity index (χ4n) is 2.80. The highest BCUT2D eigenvalue weighted by Gasteiger charge is 2.64. The zero-order valence-corrected chi connectivity index (χ0v) is 11.4. The molecule has 0 aliphatic heterocycles. The van der Waals surface area contributed by atoms with Crippen LogP contribution >= 0.6 is 11.3 Å². The van der Waals surface area contributed by atoms with E-state index in [0.717, 1.165) is 20.8 Å². The molecule has 1 heterocycles. The van der Waals surface area contributed by atoms with Crippen molar-refractivity contribution in [2.45, 2.75) is 26.7 Å². The molecule has 94 valence electrons. The number of hydrogen-bond donors (Lipinski definition) is 1. The van der Waals surface area contributed by atoms with Crippen LogP contribution in [0.15, 0.2) is 18.2 Å². The Kier molecular flexibility index (Phi) is 2.29. The molecule has 18 heavy (non-hydrogen) atoms. The van der Waals surface area contributed by atoms with Crippen LogP contribution in [0.5, 0.6) is 0 Å². The maximum atomic E-state index is 11.2. The van der Waals surface area contributed by atoms with Crippen LogP contribution in [-0.4, -0.2) is 16.1 Å². The minimum atomic E-state index is -0.707. The molecule has 1 fully saturated rings. The Morgan fingerprint density at radius 2 is 2.17 bits per heavy atom. The van der Waals surface area contributed by atoms with Crippen LogP contribution in [-0.2, 0) is 4.79 Å². The summed E-state index contributed by atoms with van der Waals surface area (Å²) < 4.78 is 1.15. The summed E-state index contributed by atoms with van der Waals surface area (Å²) in [7, 11) is 0. The summed E-state index contributed by atoms with van der Waals surface area (Å²) in [6, 6.07) is 6.11. The molecule has 1 aliphatic carbocycles. The third-order valence-electron chi connectivity index (χ3n) is 4.00. The lowest BCUT2D eigenvalue weighted by Gasteiger charge is -1.97. The quantitative estimate of drug-likeness (QED) is 0.901. The Hall–Kier alpha value is -1.42. The summed E-state index contributed by atoms with van der Waals surface area (Å²) in [5, 5.41) is 10.2. The number of hydrogen-bond acceptors (Lipinski definition) is 3. The molecule has 1 aromatic carbocycles. The number of aromatic nitrogens is 1. The maximum absolute atomic E-state index is 11.2. The monoisotopic (exact) mass is 261 g/mol. The van der Waals surface area contributed by atoms with Gasteiger partial charge in [0.2, 0.25) is 0 Å². The lowest BCUT2D eigenvalue weighted by Crippen LogP contribution is -2.03. The van der Waals surface area contributed by atoms with E-state index in [9.17, 15) is 9.90 Å². The number of nitrogens with zero attached hydrogens (tertiary/aromatic N) is 1. The first-order valence-corrected chi connectivity index (χ1v) is 6.83. The van der Waals surface area contributed by atoms with Crippen molar-refractivity contribution in [2.75, 3.05) is 0 Å². The molecule has 0 spiro atoms. The van der Waals surface area contributed by atoms with Gasteiger partial charge in [0, 0.05) is 5.92 Å². The minimum Gasteiger partial charge on any atom is -0.481 e. The van der Waals surface area contributed by atoms with Gasteiger partial charge in [-0.1, -0.05) is 26.0 Å². The summed E-state index contributed by atoms with van der Waals surface area (Å²) in [6.45, 7) is 6.06. The number of aryl methyl sites for hydroxylation is 1. The predicted molar refractivity (Wildman–Crippen MR) is 72.0 cm³/mol. The second-order valence-electron chi connectivity index (χ2n) is 5.59. The van der Waals surface area contributed by atoms with Gasteiger partial charge >= 0.3 is 5.97 Å². The van der Waals surface area contributed by atoms with Crippen LogP contribution in [0, 0.1) is 18.3 Å². The van der Waals surface area contributed by atoms with Crippen molar-refractivity contribution in [3.05, 3.63) is 28.8 Å². The first-order chi connectivity index (χ1) is 8.43. The Balaban J connectivity index is 2.07. The number of thiazole rings is 1. The fraction of sp³-hybridized carbons (Fsp3) is 0.429. The van der Waals surface area contributed by atoms with Gasteiger partial charge in [-0.2, -0.15) is 0 Å². The van der Waals surface area contributed by atoms with Crippen molar-refractivity contribution in [1.29, 1.82) is 0 Å². The molecule has 1 aromatic heterocycles. The highest BCUT2D eigenvalue weighted by molar-refractivity contribution is 7.18. The van der Waals surface area contributed by atoms with Crippen LogP contribution in [0.25, 0.3) is 10.2 Å². The highest BCUT2D eigenvalue weighted by Crippen LogP contribution is 2.65. The molecule has 0 bridgehead atoms. The molecule has 2 aromatic rings. The molecule has 1 saturated carbocycles. The van der Waals surface area contributed by atoms with Crippen molar-refractivity contribution in [3.63, 3.8) is 0 Å². The van der Waals surface area contributed by atoms with Gasteiger partial charge in [-0.15, -0.1) is 11.3 Å². The van der Waals surface area contributed by atoms with Crippen LogP contribution in [0.4, 0.5) is 0 Å². The van der Waals surface area contributed by atoms with E-state index >= 15 is 0 Å². The molecule has 1 aliphatic rings. The van der Waals surface area contributed by atoms with Crippen LogP contribution in [0.2, 0.25) is 0 Å². The summed E-state index contributed by atoms with van der Waals surface area (Å²) in [5.74, 6) is -0.939. The first-order valence-electron chi connectivity index (χ1n) is 6.02. The Morgan fingerprint density at radius 1 is 1.44 bits per heavy atom. The predicted octanol–water partition coefficient (Wildman–Crippen LogP) is 3.43. The van der Waals surface area contributed by atoms with Crippen molar-refractivity contribution in [2.24, 2.45) is 11.3 Å². The highest BCUT2D eigenvalue weighted by atomic mass is 32.1. The van der Waals surface area contributed by atoms with E-state index in [0.29, 0.717) is 0 Å². The summed E-state index contributed by atoms with van der Waals surface area (Å²) in [5.41, 5.74) is 2.00. The number of benzene rings is 1. The molecule has 3 nitrogen and oxygen atoms in total. The SMILES string of the molecule is Cc1cccc2sc(C3C(C(=O)O)C3(C)C)nc12. The first kappa shape index (κ1) is 11.7. The number of aliphatic carboxylic acids is 1. The zero-order chi connectivity index (χ0) is 13.1. The number of fused-ring (bicyclic) bond motifs is 1. The normalized spacial score (nSPS) is 25.3. The molecule has 0 saturated heterocycles. The van der Waals surface area contributed by atoms with Gasteiger partial charge in [-0.25, -0.2) is 4.98 Å². The lowest BCUT2D eigenvalue weighted by atomic mass is 10.1. The van der Waals surface area contributed by atoms with Gasteiger partial charge in [0.1, 0.15) is 0 Å². The van der Waals surface area contributed by atoms with E-state index in [1.165, 1.54) is 0 Å². The van der Waals surface area contributed by atoms with Crippen LogP contribution in [0.1, 0.15) is 30.3 Å². The molecule has 2 atom stereocenters. The van der Waals surface area contributed by atoms with Crippen LogP contribution < -0.4 is 0 Å². The van der Waals surface area contributed by atoms with Crippen molar-refractivity contribution in [1.82, 2.24) is 4.98 Å². The minimum absolute atomic E-state index is 0.0619. The van der Waals surface area contributed by atoms with Gasteiger partial charge in [-0.05, 0) is 24.0 Å². The summed E-state index contributed by atoms with van der Waals surface area (Å²) >= 11 is 1.63. The molecule has 3 rings (SSSR count). The van der Waals surface area contributed by atoms with Gasteiger partial charge in [0.15, 0.2) is 0 Å². The molecule has 2 unspecified atom stereocenters. The largest absolute Gasteiger partial charge is 0.481 e. The second-order valence-corrected chi connectivity index (χ2v) is 6.65. The number of carboxylic acids is 1. The molecule has 1 N–H and O–H groups in total. The van der Waals surface area contributed by atoms with E-state index in [4.69, 9.17) is 0 Å². The third-order valence-corrected chi connectivity index (χ3v) is 5.10. The van der Waals surface area contributed by atoms with E-state index in [2.05, 4.69) is 11.1 Å². The topological polar surface area (TPSA) is 50.2 Å². The Labute approximate surface area is 109 Å². The van der Waals surface area contributed by atoms with Crippen LogP contribution in [0.3, 0.4) is 0 Å². The van der Waals surface area contributed by atoms with E-state index in [-0.39, 0.29) is 17.3 Å². The van der Waals surface area contributed by atoms with E-state index in [1.54, 1.807) is 11.3 Å². The number of rotatable bonds is 2. The Bertz CT molecular complexity index is 644. The van der Waals surface area contributed by atoms with E-state index < -0.39 is 5.97 Å². The fourth-order valence-corrected chi connectivity index (χ4v) is 4.17. The van der Waals surface area contributed by atoms with Gasteiger partial charge in [-0.3, -0.25) is 4.79 Å². The Morgan fingerprint density at radius 3 is 2.72 bits per heavy atom. The van der Waals surface area contributed by atoms with Crippen molar-refractivity contribution < 1.29 is 9.90 Å². The molecular formula is C14H15NO2S. The second kappa shape index (κ2) is 3.54. The van der Waals surface area contributed by atoms with E-state index in [1.807, 2.05) is 32.9 Å². The number of carboxylic acid groups (broad SMARTS) is 1. The average molecular weight is 261 g/mol. The zero-order valence-electron chi connectivity index (χ0n) is 10.6. The molecular weight excluding hydrogens is 246 g/mol. The summed E-state index contributed by atoms with van der Waals surface area (Å²) in [4.78, 5) is 15.9. The number of carbonyl (C=O) groups is 1. The van der Waals surface area contributed by atoms with Crippen molar-refractivity contribution >= 4 is 27.5 Å². The maximum Gasteiger partial charge on any atom is 0.307 e. The van der Waals surface area contributed by atoms with Gasteiger partial charge < -0.3 is 5.11 Å². The smallest absolute Gasteiger partial charge is 0.307 e. The average Bonchev–Trinajstić information content (AvgIpc) is 2.68. The third kappa shape index (κ3) is 1.48. The molecule has 0 radical (unpaired) electrons. The standard InChI is InChI=1S/C14H15NO2S/c1-7-5-4-6-8-11(7)15-12(18-8)9-10(13(16)17)14(9,2)3/h4-6,9-10H,1-3H3,(H,16,17).